The van der Waals surface area contributed by atoms with Crippen molar-refractivity contribution < 1.29 is 22.1 Å². The maximum Gasteiger partial charge on any atom is 0.363 e. The number of halogens is 2. The van der Waals surface area contributed by atoms with E-state index in [0.29, 0.717) is 21.2 Å². The summed E-state index contributed by atoms with van der Waals surface area (Å²) in [5, 5.41) is 0.917. The van der Waals surface area contributed by atoms with Crippen LogP contribution in [0, 0.1) is 0 Å². The fourth-order valence-corrected chi connectivity index (χ4v) is 3.95. The van der Waals surface area contributed by atoms with E-state index >= 15 is 0 Å². The number of esters is 1. The summed E-state index contributed by atoms with van der Waals surface area (Å²) in [6.07, 6.45) is 1.53. The number of cyclic esters (lactones) is 1. The van der Waals surface area contributed by atoms with Gasteiger partial charge in [0.25, 0.3) is 0 Å². The molecule has 0 saturated heterocycles. The van der Waals surface area contributed by atoms with Crippen molar-refractivity contribution >= 4 is 51.3 Å². The van der Waals surface area contributed by atoms with Gasteiger partial charge in [-0.1, -0.05) is 41.4 Å². The highest BCUT2D eigenvalue weighted by Crippen LogP contribution is 2.24. The number of hydrogen-bond donors (Lipinski definition) is 0. The van der Waals surface area contributed by atoms with E-state index in [1.54, 1.807) is 36.4 Å². The summed E-state index contributed by atoms with van der Waals surface area (Å²) in [7, 11) is -4.00. The molecule has 6 nitrogen and oxygen atoms in total. The lowest BCUT2D eigenvalue weighted by Crippen LogP contribution is -2.09. The normalized spacial score (nSPS) is 15.0. The fraction of sp³-hybridized carbons (Fsp3) is 0. The minimum atomic E-state index is -4.00. The zero-order valence-corrected chi connectivity index (χ0v) is 18.0. The Morgan fingerprint density at radius 3 is 2.29 bits per heavy atom. The van der Waals surface area contributed by atoms with Gasteiger partial charge in [0.1, 0.15) is 10.6 Å². The van der Waals surface area contributed by atoms with Crippen LogP contribution in [0.4, 0.5) is 0 Å². The van der Waals surface area contributed by atoms with E-state index in [-0.39, 0.29) is 22.2 Å². The molecule has 0 unspecified atom stereocenters. The summed E-state index contributed by atoms with van der Waals surface area (Å²) in [4.78, 5) is 16.3. The van der Waals surface area contributed by atoms with Crippen molar-refractivity contribution in [2.24, 2.45) is 4.99 Å². The first-order valence-corrected chi connectivity index (χ1v) is 11.1. The molecule has 3 aromatic rings. The van der Waals surface area contributed by atoms with Crippen LogP contribution in [0.1, 0.15) is 11.1 Å². The van der Waals surface area contributed by atoms with Crippen LogP contribution in [0.5, 0.6) is 5.75 Å². The lowest BCUT2D eigenvalue weighted by atomic mass is 10.2. The van der Waals surface area contributed by atoms with Crippen LogP contribution in [0.2, 0.25) is 10.0 Å². The first-order chi connectivity index (χ1) is 14.8. The van der Waals surface area contributed by atoms with Crippen LogP contribution in [-0.2, 0) is 19.6 Å². The van der Waals surface area contributed by atoms with E-state index in [0.717, 1.165) is 0 Å². The zero-order chi connectivity index (χ0) is 22.0. The number of aliphatic imine (C=N–C) groups is 1. The third kappa shape index (κ3) is 4.96. The van der Waals surface area contributed by atoms with E-state index in [1.807, 2.05) is 0 Å². The van der Waals surface area contributed by atoms with Crippen molar-refractivity contribution in [1.29, 1.82) is 0 Å². The Morgan fingerprint density at radius 2 is 1.61 bits per heavy atom. The maximum atomic E-state index is 12.3. The SMILES string of the molecule is O=C1OC(c2cccc(Cl)c2)=NC1=Cc1ccc(OS(=O)(=O)c2ccc(Cl)cc2)cc1. The topological polar surface area (TPSA) is 82.0 Å². The molecule has 9 heteroatoms. The molecule has 0 radical (unpaired) electrons. The average Bonchev–Trinajstić information content (AvgIpc) is 3.10. The Kier molecular flexibility index (Phi) is 5.82. The monoisotopic (exact) mass is 473 g/mol. The lowest BCUT2D eigenvalue weighted by molar-refractivity contribution is -0.129. The van der Waals surface area contributed by atoms with Crippen molar-refractivity contribution in [3.8, 4) is 5.75 Å². The second-order valence-electron chi connectivity index (χ2n) is 6.41. The lowest BCUT2D eigenvalue weighted by Gasteiger charge is -2.07. The predicted molar refractivity (Wildman–Crippen MR) is 118 cm³/mol. The second-order valence-corrected chi connectivity index (χ2v) is 8.83. The van der Waals surface area contributed by atoms with Gasteiger partial charge < -0.3 is 8.92 Å². The molecule has 0 aliphatic carbocycles. The summed E-state index contributed by atoms with van der Waals surface area (Å²) in [5.41, 5.74) is 1.30. The largest absolute Gasteiger partial charge is 0.402 e. The smallest absolute Gasteiger partial charge is 0.363 e. The van der Waals surface area contributed by atoms with Crippen molar-refractivity contribution in [2.45, 2.75) is 4.90 Å². The molecule has 0 bridgehead atoms. The van der Waals surface area contributed by atoms with Gasteiger partial charge in [-0.05, 0) is 66.2 Å². The minimum Gasteiger partial charge on any atom is -0.402 e. The van der Waals surface area contributed by atoms with Crippen LogP contribution < -0.4 is 4.18 Å². The van der Waals surface area contributed by atoms with Crippen molar-refractivity contribution in [3.63, 3.8) is 0 Å². The summed E-state index contributed by atoms with van der Waals surface area (Å²) >= 11 is 11.7. The molecule has 31 heavy (non-hydrogen) atoms. The van der Waals surface area contributed by atoms with Crippen molar-refractivity contribution in [1.82, 2.24) is 0 Å². The Hall–Kier alpha value is -3.13. The molecular formula is C22H13Cl2NO5S. The summed E-state index contributed by atoms with van der Waals surface area (Å²) < 4.78 is 35.0. The molecule has 1 aliphatic rings. The quantitative estimate of drug-likeness (QED) is 0.292. The number of ether oxygens (including phenoxy) is 1. The highest BCUT2D eigenvalue weighted by molar-refractivity contribution is 7.87. The van der Waals surface area contributed by atoms with Gasteiger partial charge in [-0.15, -0.1) is 0 Å². The molecule has 0 atom stereocenters. The third-order valence-corrected chi connectivity index (χ3v) is 5.93. The van der Waals surface area contributed by atoms with E-state index in [9.17, 15) is 13.2 Å². The Labute approximate surface area is 188 Å². The molecule has 156 valence electrons. The molecule has 0 fully saturated rings. The van der Waals surface area contributed by atoms with Gasteiger partial charge in [0.05, 0.1) is 0 Å². The standard InChI is InChI=1S/C22H13Cl2NO5S/c23-16-6-10-19(11-7-16)31(27,28)30-18-8-4-14(5-9-18)12-20-22(26)29-21(25-20)15-2-1-3-17(24)13-15/h1-13H. The Morgan fingerprint density at radius 1 is 0.903 bits per heavy atom. The minimum absolute atomic E-state index is 0.0142. The molecule has 0 saturated carbocycles. The molecule has 1 aliphatic heterocycles. The number of rotatable bonds is 5. The Bertz CT molecular complexity index is 1310. The van der Waals surface area contributed by atoms with Gasteiger partial charge in [0, 0.05) is 15.6 Å². The maximum absolute atomic E-state index is 12.3. The van der Waals surface area contributed by atoms with Crippen LogP contribution in [0.15, 0.2) is 88.4 Å². The summed E-state index contributed by atoms with van der Waals surface area (Å²) in [6.45, 7) is 0. The average molecular weight is 474 g/mol. The molecule has 0 aromatic heterocycles. The van der Waals surface area contributed by atoms with Crippen molar-refractivity contribution in [3.05, 3.63) is 99.7 Å². The molecule has 3 aromatic carbocycles. The van der Waals surface area contributed by atoms with Gasteiger partial charge in [0.2, 0.25) is 5.90 Å². The van der Waals surface area contributed by atoms with Gasteiger partial charge in [-0.25, -0.2) is 9.79 Å². The number of benzene rings is 3. The zero-order valence-electron chi connectivity index (χ0n) is 15.7. The number of hydrogen-bond acceptors (Lipinski definition) is 6. The predicted octanol–water partition coefficient (Wildman–Crippen LogP) is 5.11. The number of carbonyl (C=O) groups excluding carboxylic acids is 1. The molecule has 1 heterocycles. The summed E-state index contributed by atoms with van der Waals surface area (Å²) in [5.74, 6) is -0.317. The molecule has 4 rings (SSSR count). The highest BCUT2D eigenvalue weighted by atomic mass is 35.5. The Balaban J connectivity index is 1.52. The fourth-order valence-electron chi connectivity index (χ4n) is 2.71. The third-order valence-electron chi connectivity index (χ3n) is 4.18. The van der Waals surface area contributed by atoms with Crippen LogP contribution in [-0.4, -0.2) is 20.3 Å². The van der Waals surface area contributed by atoms with Crippen LogP contribution in [0.25, 0.3) is 6.08 Å². The van der Waals surface area contributed by atoms with E-state index < -0.39 is 16.1 Å². The van der Waals surface area contributed by atoms with Gasteiger partial charge in [0.15, 0.2) is 5.70 Å². The van der Waals surface area contributed by atoms with E-state index in [2.05, 4.69) is 4.99 Å². The molecular weight excluding hydrogens is 461 g/mol. The second kappa shape index (κ2) is 8.55. The molecule has 0 spiro atoms. The van der Waals surface area contributed by atoms with Crippen LogP contribution >= 0.6 is 23.2 Å². The van der Waals surface area contributed by atoms with Crippen molar-refractivity contribution in [2.75, 3.05) is 0 Å². The summed E-state index contributed by atoms with van der Waals surface area (Å²) in [6, 6.07) is 18.6. The highest BCUT2D eigenvalue weighted by Gasteiger charge is 2.24. The van der Waals surface area contributed by atoms with Gasteiger partial charge in [-0.3, -0.25) is 0 Å². The van der Waals surface area contributed by atoms with E-state index in [4.69, 9.17) is 32.1 Å². The van der Waals surface area contributed by atoms with Crippen LogP contribution in [0.3, 0.4) is 0 Å². The first kappa shape index (κ1) is 21.1. The van der Waals surface area contributed by atoms with Gasteiger partial charge in [-0.2, -0.15) is 8.42 Å². The van der Waals surface area contributed by atoms with Gasteiger partial charge >= 0.3 is 16.1 Å². The van der Waals surface area contributed by atoms with E-state index in [1.165, 1.54) is 42.5 Å². The number of carbonyl (C=O) groups is 1. The number of nitrogens with zero attached hydrogens (tertiary/aromatic N) is 1. The first-order valence-electron chi connectivity index (χ1n) is 8.89. The molecule has 0 N–H and O–H groups in total. The molecule has 0 amide bonds.